The smallest absolute Gasteiger partial charge is 0.0650 e. The molecule has 5 rings (SSSR count). The molecule has 152 valence electrons. The number of H-pyrrole nitrogens is 1. The van der Waals surface area contributed by atoms with Crippen molar-refractivity contribution in [2.45, 2.75) is 25.8 Å². The highest BCUT2D eigenvalue weighted by atomic mass is 16.5. The highest BCUT2D eigenvalue weighted by Gasteiger charge is 2.20. The van der Waals surface area contributed by atoms with Crippen molar-refractivity contribution in [2.24, 2.45) is 5.92 Å². The number of morpholine rings is 1. The third-order valence-electron chi connectivity index (χ3n) is 6.35. The Balaban J connectivity index is 1.18. The van der Waals surface area contributed by atoms with Crippen LogP contribution in [-0.2, 0) is 17.7 Å². The van der Waals surface area contributed by atoms with Gasteiger partial charge in [0.05, 0.1) is 24.9 Å². The molecule has 5 heteroatoms. The fourth-order valence-electron chi connectivity index (χ4n) is 4.81. The van der Waals surface area contributed by atoms with Crippen LogP contribution in [0.25, 0.3) is 10.9 Å². The number of anilines is 1. The fraction of sp³-hybridized carbons (Fsp3) is 0.458. The molecule has 2 aromatic carbocycles. The van der Waals surface area contributed by atoms with Crippen molar-refractivity contribution in [1.82, 2.24) is 15.1 Å². The van der Waals surface area contributed by atoms with Crippen LogP contribution in [0.3, 0.4) is 0 Å². The van der Waals surface area contributed by atoms with Gasteiger partial charge in [-0.3, -0.25) is 10.00 Å². The van der Waals surface area contributed by atoms with Gasteiger partial charge in [-0.25, -0.2) is 0 Å². The maximum absolute atomic E-state index is 5.46. The SMILES string of the molecule is c1cc2[nH]ncc2cc1CC1CCCN(Cc2ccc(N3CCOCC3)cc2)C1. The van der Waals surface area contributed by atoms with Crippen molar-refractivity contribution in [3.8, 4) is 0 Å². The Kier molecular flexibility index (Phi) is 5.50. The highest BCUT2D eigenvalue weighted by Crippen LogP contribution is 2.24. The molecule has 3 heterocycles. The summed E-state index contributed by atoms with van der Waals surface area (Å²) in [6.07, 6.45) is 5.71. The van der Waals surface area contributed by atoms with Crippen molar-refractivity contribution in [3.63, 3.8) is 0 Å². The Hall–Kier alpha value is -2.37. The molecule has 0 bridgehead atoms. The van der Waals surface area contributed by atoms with E-state index in [1.54, 1.807) is 0 Å². The van der Waals surface area contributed by atoms with Gasteiger partial charge < -0.3 is 9.64 Å². The number of aromatic nitrogens is 2. The highest BCUT2D eigenvalue weighted by molar-refractivity contribution is 5.78. The molecule has 2 aliphatic heterocycles. The van der Waals surface area contributed by atoms with Crippen LogP contribution in [0.15, 0.2) is 48.7 Å². The van der Waals surface area contributed by atoms with E-state index in [-0.39, 0.29) is 0 Å². The average molecular weight is 391 g/mol. The molecule has 1 atom stereocenters. The van der Waals surface area contributed by atoms with Gasteiger partial charge in [-0.1, -0.05) is 18.2 Å². The number of piperidine rings is 1. The predicted molar refractivity (Wildman–Crippen MR) is 117 cm³/mol. The maximum Gasteiger partial charge on any atom is 0.0650 e. The molecule has 0 aliphatic carbocycles. The van der Waals surface area contributed by atoms with E-state index in [0.29, 0.717) is 0 Å². The number of ether oxygens (including phenoxy) is 1. The van der Waals surface area contributed by atoms with Crippen molar-refractivity contribution < 1.29 is 4.74 Å². The Morgan fingerprint density at radius 1 is 1.00 bits per heavy atom. The Morgan fingerprint density at radius 3 is 2.69 bits per heavy atom. The molecule has 2 fully saturated rings. The lowest BCUT2D eigenvalue weighted by atomic mass is 9.90. The molecule has 2 saturated heterocycles. The van der Waals surface area contributed by atoms with Crippen LogP contribution in [0.2, 0.25) is 0 Å². The second-order valence-electron chi connectivity index (χ2n) is 8.50. The molecule has 0 spiro atoms. The van der Waals surface area contributed by atoms with E-state index in [9.17, 15) is 0 Å². The Morgan fingerprint density at radius 2 is 1.83 bits per heavy atom. The van der Waals surface area contributed by atoms with E-state index in [1.807, 2.05) is 6.20 Å². The van der Waals surface area contributed by atoms with Crippen molar-refractivity contribution in [3.05, 3.63) is 59.8 Å². The van der Waals surface area contributed by atoms with Gasteiger partial charge >= 0.3 is 0 Å². The third kappa shape index (κ3) is 4.46. The number of fused-ring (bicyclic) bond motifs is 1. The first kappa shape index (κ1) is 18.6. The molecule has 5 nitrogen and oxygen atoms in total. The van der Waals surface area contributed by atoms with Gasteiger partial charge in [0.1, 0.15) is 0 Å². The third-order valence-corrected chi connectivity index (χ3v) is 6.35. The van der Waals surface area contributed by atoms with Gasteiger partial charge in [-0.2, -0.15) is 5.10 Å². The van der Waals surface area contributed by atoms with E-state index in [1.165, 1.54) is 48.1 Å². The summed E-state index contributed by atoms with van der Waals surface area (Å²) < 4.78 is 5.46. The Labute approximate surface area is 172 Å². The Bertz CT molecular complexity index is 929. The first-order valence-electron chi connectivity index (χ1n) is 10.9. The molecule has 0 amide bonds. The zero-order valence-corrected chi connectivity index (χ0v) is 17.0. The summed E-state index contributed by atoms with van der Waals surface area (Å²) in [5, 5.41) is 8.40. The van der Waals surface area contributed by atoms with E-state index >= 15 is 0 Å². The van der Waals surface area contributed by atoms with Crippen LogP contribution in [0.4, 0.5) is 5.69 Å². The average Bonchev–Trinajstić information content (AvgIpc) is 3.23. The van der Waals surface area contributed by atoms with Crippen molar-refractivity contribution >= 4 is 16.6 Å². The first-order chi connectivity index (χ1) is 14.3. The van der Waals surface area contributed by atoms with Gasteiger partial charge in [-0.05, 0) is 67.1 Å². The van der Waals surface area contributed by atoms with Gasteiger partial charge in [0.15, 0.2) is 0 Å². The molecular formula is C24H30N4O. The number of benzene rings is 2. The molecular weight excluding hydrogens is 360 g/mol. The summed E-state index contributed by atoms with van der Waals surface area (Å²) in [6, 6.07) is 15.9. The van der Waals surface area contributed by atoms with E-state index in [0.717, 1.165) is 50.7 Å². The van der Waals surface area contributed by atoms with Crippen LogP contribution in [-0.4, -0.2) is 54.5 Å². The molecule has 1 N–H and O–H groups in total. The molecule has 1 aromatic heterocycles. The normalized spacial score (nSPS) is 21.0. The van der Waals surface area contributed by atoms with E-state index < -0.39 is 0 Å². The van der Waals surface area contributed by atoms with Crippen LogP contribution >= 0.6 is 0 Å². The number of nitrogens with one attached hydrogen (secondary N) is 1. The largest absolute Gasteiger partial charge is 0.378 e. The molecule has 3 aromatic rings. The van der Waals surface area contributed by atoms with Crippen LogP contribution in [0.1, 0.15) is 24.0 Å². The number of rotatable bonds is 5. The minimum absolute atomic E-state index is 0.737. The quantitative estimate of drug-likeness (QED) is 0.719. The number of nitrogens with zero attached hydrogens (tertiary/aromatic N) is 3. The van der Waals surface area contributed by atoms with Gasteiger partial charge in [-0.15, -0.1) is 0 Å². The second kappa shape index (κ2) is 8.56. The minimum atomic E-state index is 0.737. The standard InChI is InChI=1S/C24H30N4O/c1-2-21(14-20-5-8-24-22(15-20)16-25-26-24)18-27(9-1)17-19-3-6-23(7-4-19)28-10-12-29-13-11-28/h3-8,15-16,21H,1-2,9-14,17-18H2,(H,25,26). The zero-order valence-electron chi connectivity index (χ0n) is 17.0. The lowest BCUT2D eigenvalue weighted by molar-refractivity contribution is 0.122. The fourth-order valence-corrected chi connectivity index (χ4v) is 4.81. The predicted octanol–water partition coefficient (Wildman–Crippen LogP) is 3.85. The summed E-state index contributed by atoms with van der Waals surface area (Å²) >= 11 is 0. The number of hydrogen-bond acceptors (Lipinski definition) is 4. The lowest BCUT2D eigenvalue weighted by Crippen LogP contribution is -2.36. The topological polar surface area (TPSA) is 44.4 Å². The lowest BCUT2D eigenvalue weighted by Gasteiger charge is -2.33. The van der Waals surface area contributed by atoms with Crippen LogP contribution in [0, 0.1) is 5.92 Å². The second-order valence-corrected chi connectivity index (χ2v) is 8.50. The maximum atomic E-state index is 5.46. The van der Waals surface area contributed by atoms with Crippen LogP contribution < -0.4 is 4.90 Å². The molecule has 2 aliphatic rings. The zero-order chi connectivity index (χ0) is 19.5. The van der Waals surface area contributed by atoms with Crippen molar-refractivity contribution in [1.29, 1.82) is 0 Å². The monoisotopic (exact) mass is 390 g/mol. The van der Waals surface area contributed by atoms with E-state index in [4.69, 9.17) is 4.74 Å². The summed E-state index contributed by atoms with van der Waals surface area (Å²) in [5.74, 6) is 0.737. The number of likely N-dealkylation sites (tertiary alicyclic amines) is 1. The number of hydrogen-bond donors (Lipinski definition) is 1. The number of aromatic amines is 1. The molecule has 1 unspecified atom stereocenters. The summed E-state index contributed by atoms with van der Waals surface area (Å²) in [7, 11) is 0. The van der Waals surface area contributed by atoms with Crippen molar-refractivity contribution in [2.75, 3.05) is 44.3 Å². The summed E-state index contributed by atoms with van der Waals surface area (Å²) in [5.41, 5.74) is 5.30. The molecule has 0 saturated carbocycles. The molecule has 29 heavy (non-hydrogen) atoms. The minimum Gasteiger partial charge on any atom is -0.378 e. The van der Waals surface area contributed by atoms with Crippen LogP contribution in [0.5, 0.6) is 0 Å². The summed E-state index contributed by atoms with van der Waals surface area (Å²) in [4.78, 5) is 5.05. The van der Waals surface area contributed by atoms with Gasteiger partial charge in [0.2, 0.25) is 0 Å². The molecule has 0 radical (unpaired) electrons. The van der Waals surface area contributed by atoms with Gasteiger partial charge in [0, 0.05) is 37.3 Å². The summed E-state index contributed by atoms with van der Waals surface area (Å²) in [6.45, 7) is 7.13. The van der Waals surface area contributed by atoms with E-state index in [2.05, 4.69) is 62.5 Å². The first-order valence-corrected chi connectivity index (χ1v) is 10.9. The van der Waals surface area contributed by atoms with Gasteiger partial charge in [0.25, 0.3) is 0 Å².